The molecule has 0 radical (unpaired) electrons. The maximum absolute atomic E-state index is 15.3. The molecule has 15 rings (SSSR count). The predicted molar refractivity (Wildman–Crippen MR) is 420 cm³/mol. The fraction of sp³-hybridized carbons (Fsp3) is 0.221. The van der Waals surface area contributed by atoms with Gasteiger partial charge < -0.3 is 27.8 Å². The molecule has 3 N–H and O–H groups in total. The van der Waals surface area contributed by atoms with Gasteiger partial charge in [-0.15, -0.1) is 0 Å². The molecule has 0 saturated heterocycles. The van der Waals surface area contributed by atoms with Crippen molar-refractivity contribution in [2.75, 3.05) is 42.0 Å². The van der Waals surface area contributed by atoms with Crippen molar-refractivity contribution in [3.63, 3.8) is 0 Å². The van der Waals surface area contributed by atoms with Gasteiger partial charge in [-0.25, -0.2) is 39.5 Å². The number of hydrogen-bond acceptors (Lipinski definition) is 18. The third-order valence-electron chi connectivity index (χ3n) is 18.9. The molecule has 0 bridgehead atoms. The monoisotopic (exact) mass is 1700 g/mol. The number of nitrogens with zero attached hydrogens (tertiary/aromatic N) is 9. The first-order valence-electron chi connectivity index (χ1n) is 34.1. The fourth-order valence-corrected chi connectivity index (χ4v) is 17.8. The summed E-state index contributed by atoms with van der Waals surface area (Å²) in [6, 6.07) is 25.4. The number of nitrogens with one attached hydrogen (secondary N) is 3. The molecular formula is C77H74F9N12O15PS3. The highest BCUT2D eigenvalue weighted by atomic mass is 32.2. The van der Waals surface area contributed by atoms with Crippen LogP contribution in [0, 0.1) is 52.4 Å². The number of ether oxygens (including phenoxy) is 3. The van der Waals surface area contributed by atoms with E-state index >= 15 is 13.2 Å². The van der Waals surface area contributed by atoms with Crippen molar-refractivity contribution in [1.82, 2.24) is 42.1 Å². The molecule has 3 aliphatic rings. The lowest BCUT2D eigenvalue weighted by Crippen LogP contribution is -2.46. The Kier molecular flexibility index (Phi) is 26.4. The van der Waals surface area contributed by atoms with Crippen LogP contribution < -0.4 is 45.1 Å². The van der Waals surface area contributed by atoms with Crippen LogP contribution in [0.15, 0.2) is 192 Å². The Balaban J connectivity index is 0.000000183. The SMILES string of the molecule is C.C.COc1cc(-c2cc(F)cc(F)c2)c(F)cc1-n1c2c(ccc1=O)CN(S(=O)(=O)Nc1ccon1)[C@@H](C)C2.COc1cc(-c2cc(F)cc(F)c2)c(F)cc1-n1c2c(ccc1=O)CN(S(=O)(=O)Nc1ccon1)[C@@H](C)C2.COc1cc(-c2cc(F)cc(F)c2)c(F)cc1-n1c2c(ccc1=O)[C@H](C)N(S(=O)(=O)Nc1ccon1)CC2.P. The van der Waals surface area contributed by atoms with Crippen molar-refractivity contribution >= 4 is 58.0 Å². The third kappa shape index (κ3) is 18.2. The largest absolute Gasteiger partial charge is 0.495 e. The molecule has 27 nitrogen and oxygen atoms in total. The molecule has 9 heterocycles. The molecule has 0 spiro atoms. The van der Waals surface area contributed by atoms with Crippen LogP contribution in [0.25, 0.3) is 50.4 Å². The number of anilines is 3. The normalized spacial score (nSPS) is 15.4. The molecule has 6 aromatic carbocycles. The summed E-state index contributed by atoms with van der Waals surface area (Å²) < 4.78 is 251. The Labute approximate surface area is 666 Å². The van der Waals surface area contributed by atoms with Gasteiger partial charge in [0.15, 0.2) is 17.5 Å². The highest BCUT2D eigenvalue weighted by Crippen LogP contribution is 2.41. The van der Waals surface area contributed by atoms with Crippen LogP contribution >= 0.6 is 9.90 Å². The van der Waals surface area contributed by atoms with Gasteiger partial charge in [-0.1, -0.05) is 48.5 Å². The van der Waals surface area contributed by atoms with E-state index in [9.17, 15) is 66.0 Å². The zero-order valence-corrected chi connectivity index (χ0v) is 64.9. The molecule has 0 saturated carbocycles. The topological polar surface area (TPSA) is 320 Å². The summed E-state index contributed by atoms with van der Waals surface area (Å²) in [7, 11) is -8.11. The summed E-state index contributed by atoms with van der Waals surface area (Å²) >= 11 is 0. The molecule has 4 atom stereocenters. The predicted octanol–water partition coefficient (Wildman–Crippen LogP) is 13.6. The van der Waals surface area contributed by atoms with E-state index in [4.69, 9.17) is 14.2 Å². The minimum Gasteiger partial charge on any atom is -0.495 e. The van der Waals surface area contributed by atoms with Gasteiger partial charge in [-0.3, -0.25) is 42.3 Å². The number of methoxy groups -OCH3 is 3. The lowest BCUT2D eigenvalue weighted by atomic mass is 9.98. The summed E-state index contributed by atoms with van der Waals surface area (Å²) in [5.41, 5.74) is 1.23. The first kappa shape index (κ1) is 87.5. The Hall–Kier alpha value is -11.9. The molecule has 6 aromatic heterocycles. The highest BCUT2D eigenvalue weighted by Gasteiger charge is 2.39. The summed E-state index contributed by atoms with van der Waals surface area (Å²) in [5, 5.41) is 10.7. The maximum Gasteiger partial charge on any atom is 0.303 e. The quantitative estimate of drug-likeness (QED) is 0.0531. The van der Waals surface area contributed by atoms with Gasteiger partial charge in [-0.2, -0.15) is 48.1 Å². The van der Waals surface area contributed by atoms with E-state index in [1.807, 2.05) is 0 Å². The number of rotatable bonds is 18. The standard InChI is InChI=1S/3C25H21F3N4O5S.2CH4.H3P/c1-14-18-3-4-25(33)32(21(18)5-7-31(14)38(34,35)30-24-6-8-37-29-24)22-13-20(28)19(12-23(22)36-2)15-9-16(26)11-17(27)10-15;2*1-14-7-21-15(13-31(14)38(34,35)30-24-5-6-37-29-24)3-4-25(33)32(21)22-12-20(28)19(11-23(22)36-2)16-8-17(26)10-18(27)9-16;;;/h3-4,6,8-14H,5,7H2,1-2H3,(H,29,30);2*3-6,8-12,14H,7,13H2,1-2H3,(H,29,30);2*1H4;1H3/t3*14-;;;/m000.../s1. The highest BCUT2D eigenvalue weighted by molar-refractivity contribution is 7.91. The average molecular weight is 1710 g/mol. The minimum absolute atomic E-state index is 0. The number of pyridine rings is 3. The third-order valence-corrected chi connectivity index (χ3v) is 23.6. The van der Waals surface area contributed by atoms with Gasteiger partial charge in [-0.05, 0) is 109 Å². The van der Waals surface area contributed by atoms with E-state index in [1.165, 1.54) is 140 Å². The molecule has 12 aromatic rings. The number of halogens is 9. The van der Waals surface area contributed by atoms with Crippen LogP contribution in [-0.4, -0.2) is 107 Å². The van der Waals surface area contributed by atoms with E-state index in [0.717, 1.165) is 54.6 Å². The summed E-state index contributed by atoms with van der Waals surface area (Å²) in [4.78, 5) is 39.1. The lowest BCUT2D eigenvalue weighted by Gasteiger charge is -2.35. The van der Waals surface area contributed by atoms with Gasteiger partial charge in [0.25, 0.3) is 16.7 Å². The minimum atomic E-state index is -4.02. The molecule has 40 heteroatoms. The van der Waals surface area contributed by atoms with E-state index in [2.05, 4.69) is 43.2 Å². The van der Waals surface area contributed by atoms with Crippen LogP contribution in [-0.2, 0) is 63.0 Å². The Bertz CT molecular complexity index is 5870. The number of benzene rings is 6. The lowest BCUT2D eigenvalue weighted by molar-refractivity contribution is 0.304. The smallest absolute Gasteiger partial charge is 0.303 e. The van der Waals surface area contributed by atoms with Gasteiger partial charge in [0.05, 0.1) is 44.4 Å². The second-order valence-electron chi connectivity index (χ2n) is 26.1. The van der Waals surface area contributed by atoms with E-state index in [-0.39, 0.29) is 149 Å². The zero-order chi connectivity index (χ0) is 81.6. The summed E-state index contributed by atoms with van der Waals surface area (Å²) in [6.07, 6.45) is 4.05. The van der Waals surface area contributed by atoms with Crippen LogP contribution in [0.4, 0.5) is 57.0 Å². The first-order valence-corrected chi connectivity index (χ1v) is 38.4. The number of hydrogen-bond donors (Lipinski definition) is 3. The van der Waals surface area contributed by atoms with Gasteiger partial charge >= 0.3 is 30.6 Å². The second kappa shape index (κ2) is 35.3. The van der Waals surface area contributed by atoms with Crippen molar-refractivity contribution in [3.05, 3.63) is 282 Å². The Morgan fingerprint density at radius 3 is 1.00 bits per heavy atom. The second-order valence-corrected chi connectivity index (χ2v) is 30.9. The molecule has 117 heavy (non-hydrogen) atoms. The fourth-order valence-electron chi connectivity index (χ4n) is 13.7. The molecule has 0 aliphatic carbocycles. The van der Waals surface area contributed by atoms with Crippen molar-refractivity contribution in [2.45, 2.75) is 86.1 Å². The van der Waals surface area contributed by atoms with Crippen LogP contribution in [0.3, 0.4) is 0 Å². The van der Waals surface area contributed by atoms with Crippen molar-refractivity contribution in [2.24, 2.45) is 0 Å². The van der Waals surface area contributed by atoms with Gasteiger partial charge in [0, 0.05) is 158 Å². The number of aromatic nitrogens is 6. The molecule has 1 unspecified atom stereocenters. The van der Waals surface area contributed by atoms with Crippen molar-refractivity contribution in [1.29, 1.82) is 0 Å². The summed E-state index contributed by atoms with van der Waals surface area (Å²) in [6.45, 7) is 4.87. The van der Waals surface area contributed by atoms with E-state index < -0.39 is 118 Å². The van der Waals surface area contributed by atoms with Crippen molar-refractivity contribution < 1.29 is 92.5 Å². The van der Waals surface area contributed by atoms with Gasteiger partial charge in [0.2, 0.25) is 0 Å². The van der Waals surface area contributed by atoms with Crippen molar-refractivity contribution in [3.8, 4) is 67.7 Å². The molecule has 618 valence electrons. The first-order chi connectivity index (χ1) is 54.2. The van der Waals surface area contributed by atoms with E-state index in [0.29, 0.717) is 52.0 Å². The van der Waals surface area contributed by atoms with Gasteiger partial charge in [0.1, 0.15) is 88.4 Å². The maximum atomic E-state index is 15.3. The number of fused-ring (bicyclic) bond motifs is 3. The Morgan fingerprint density at radius 1 is 0.402 bits per heavy atom. The molecule has 3 aliphatic heterocycles. The van der Waals surface area contributed by atoms with Crippen LogP contribution in [0.1, 0.15) is 75.4 Å². The average Bonchev–Trinajstić information content (AvgIpc) is 1.26. The van der Waals surface area contributed by atoms with Crippen LogP contribution in [0.2, 0.25) is 0 Å². The summed E-state index contributed by atoms with van der Waals surface area (Å²) in [5.74, 6) is -7.44. The Morgan fingerprint density at radius 2 is 0.701 bits per heavy atom. The molecule has 0 fully saturated rings. The molecule has 0 amide bonds. The zero-order valence-electron chi connectivity index (χ0n) is 61.0. The van der Waals surface area contributed by atoms with Crippen LogP contribution in [0.5, 0.6) is 17.2 Å². The van der Waals surface area contributed by atoms with E-state index in [1.54, 1.807) is 20.8 Å². The molecular weight excluding hydrogens is 1630 g/mol.